The number of methoxy groups -OCH3 is 1. The van der Waals surface area contributed by atoms with Crippen LogP contribution in [0.15, 0.2) is 29.3 Å². The molecule has 0 spiro atoms. The number of carbonyl (C=O) groups excluding carboxylic acids is 1. The van der Waals surface area contributed by atoms with Crippen LogP contribution >= 0.6 is 24.0 Å². The summed E-state index contributed by atoms with van der Waals surface area (Å²) in [6.45, 7) is 9.98. The molecule has 8 heteroatoms. The highest BCUT2D eigenvalue weighted by atomic mass is 127. The van der Waals surface area contributed by atoms with Crippen molar-refractivity contribution in [2.75, 3.05) is 33.3 Å². The number of amides is 1. The highest BCUT2D eigenvalue weighted by Crippen LogP contribution is 2.11. The van der Waals surface area contributed by atoms with Crippen LogP contribution in [0.3, 0.4) is 0 Å². The van der Waals surface area contributed by atoms with E-state index in [1.165, 1.54) is 5.56 Å². The number of nitrogens with zero attached hydrogens (tertiary/aromatic N) is 1. The highest BCUT2D eigenvalue weighted by molar-refractivity contribution is 14.0. The first kappa shape index (κ1) is 25.3. The van der Waals surface area contributed by atoms with Gasteiger partial charge in [0.1, 0.15) is 11.4 Å². The Morgan fingerprint density at radius 1 is 1.07 bits per heavy atom. The van der Waals surface area contributed by atoms with Crippen molar-refractivity contribution >= 4 is 36.0 Å². The lowest BCUT2D eigenvalue weighted by Crippen LogP contribution is -2.42. The average Bonchev–Trinajstić information content (AvgIpc) is 2.57. The van der Waals surface area contributed by atoms with Crippen LogP contribution in [-0.2, 0) is 11.2 Å². The molecule has 0 saturated carbocycles. The minimum atomic E-state index is -0.491. The lowest BCUT2D eigenvalue weighted by atomic mass is 10.1. The van der Waals surface area contributed by atoms with Gasteiger partial charge in [-0.1, -0.05) is 12.1 Å². The van der Waals surface area contributed by atoms with Crippen molar-refractivity contribution in [2.24, 2.45) is 4.99 Å². The summed E-state index contributed by atoms with van der Waals surface area (Å²) < 4.78 is 10.3. The molecule has 0 saturated heterocycles. The number of carbonyl (C=O) groups is 1. The van der Waals surface area contributed by atoms with E-state index in [-0.39, 0.29) is 24.0 Å². The van der Waals surface area contributed by atoms with Crippen molar-refractivity contribution in [1.82, 2.24) is 16.0 Å². The van der Waals surface area contributed by atoms with Crippen LogP contribution in [0, 0.1) is 0 Å². The molecule has 3 N–H and O–H groups in total. The molecule has 0 unspecified atom stereocenters. The van der Waals surface area contributed by atoms with E-state index >= 15 is 0 Å². The summed E-state index contributed by atoms with van der Waals surface area (Å²) in [5.41, 5.74) is 0.715. The van der Waals surface area contributed by atoms with E-state index in [4.69, 9.17) is 9.47 Å². The monoisotopic (exact) mass is 492 g/mol. The Balaban J connectivity index is 0.00000676. The Bertz CT molecular complexity index is 571. The molecule has 0 aliphatic heterocycles. The van der Waals surface area contributed by atoms with Gasteiger partial charge in [-0.05, 0) is 51.8 Å². The molecule has 0 fully saturated rings. The molecular formula is C19H33IN4O3. The maximum absolute atomic E-state index is 11.6. The number of rotatable bonds is 8. The topological polar surface area (TPSA) is 84.0 Å². The molecule has 0 aliphatic rings. The Morgan fingerprint density at radius 3 is 2.26 bits per heavy atom. The van der Waals surface area contributed by atoms with Crippen molar-refractivity contribution in [3.8, 4) is 5.75 Å². The lowest BCUT2D eigenvalue weighted by molar-refractivity contribution is 0.0529. The van der Waals surface area contributed by atoms with Gasteiger partial charge in [-0.2, -0.15) is 0 Å². The largest absolute Gasteiger partial charge is 0.497 e. The standard InChI is InChI=1S/C19H32N4O3.HI/c1-6-20-17(22-13-14-23-18(24)26-19(2,3)4)21-12-11-15-7-9-16(25-5)10-8-15;/h7-10H,6,11-14H2,1-5H3,(H,23,24)(H2,20,21,22);1H. The molecule has 0 radical (unpaired) electrons. The fourth-order valence-corrected chi connectivity index (χ4v) is 2.09. The number of nitrogens with one attached hydrogen (secondary N) is 3. The number of ether oxygens (including phenoxy) is 2. The van der Waals surface area contributed by atoms with E-state index in [1.807, 2.05) is 52.0 Å². The first-order valence-electron chi connectivity index (χ1n) is 8.96. The number of aliphatic imine (C=N–C) groups is 1. The minimum absolute atomic E-state index is 0. The fraction of sp³-hybridized carbons (Fsp3) is 0.579. The number of alkyl carbamates (subject to hydrolysis) is 1. The lowest BCUT2D eigenvalue weighted by Gasteiger charge is -2.19. The van der Waals surface area contributed by atoms with Crippen LogP contribution in [-0.4, -0.2) is 50.9 Å². The number of halogens is 1. The van der Waals surface area contributed by atoms with Crippen molar-refractivity contribution < 1.29 is 14.3 Å². The van der Waals surface area contributed by atoms with Crippen molar-refractivity contribution in [1.29, 1.82) is 0 Å². The quantitative estimate of drug-likeness (QED) is 0.225. The van der Waals surface area contributed by atoms with Gasteiger partial charge in [0.25, 0.3) is 0 Å². The van der Waals surface area contributed by atoms with Gasteiger partial charge >= 0.3 is 6.09 Å². The van der Waals surface area contributed by atoms with Gasteiger partial charge in [0.15, 0.2) is 5.96 Å². The zero-order valence-electron chi connectivity index (χ0n) is 16.9. The van der Waals surface area contributed by atoms with E-state index < -0.39 is 11.7 Å². The molecule has 27 heavy (non-hydrogen) atoms. The number of benzene rings is 1. The predicted octanol–water partition coefficient (Wildman–Crippen LogP) is 2.94. The molecule has 1 rings (SSSR count). The van der Waals surface area contributed by atoms with Gasteiger partial charge < -0.3 is 25.4 Å². The summed E-state index contributed by atoms with van der Waals surface area (Å²) in [7, 11) is 1.66. The summed E-state index contributed by atoms with van der Waals surface area (Å²) >= 11 is 0. The van der Waals surface area contributed by atoms with Crippen LogP contribution in [0.4, 0.5) is 4.79 Å². The number of hydrogen-bond donors (Lipinski definition) is 3. The summed E-state index contributed by atoms with van der Waals surface area (Å²) in [5, 5.41) is 9.09. The first-order chi connectivity index (χ1) is 12.3. The molecule has 1 aromatic carbocycles. The average molecular weight is 492 g/mol. The second kappa shape index (κ2) is 13.5. The number of guanidine groups is 1. The second-order valence-electron chi connectivity index (χ2n) is 6.71. The van der Waals surface area contributed by atoms with Crippen molar-refractivity contribution in [3.63, 3.8) is 0 Å². The minimum Gasteiger partial charge on any atom is -0.497 e. The maximum Gasteiger partial charge on any atom is 0.407 e. The van der Waals surface area contributed by atoms with Gasteiger partial charge in [-0.15, -0.1) is 24.0 Å². The third kappa shape index (κ3) is 12.3. The van der Waals surface area contributed by atoms with Crippen LogP contribution < -0.4 is 20.7 Å². The van der Waals surface area contributed by atoms with Gasteiger partial charge in [-0.3, -0.25) is 4.99 Å². The van der Waals surface area contributed by atoms with Gasteiger partial charge in [0, 0.05) is 26.2 Å². The van der Waals surface area contributed by atoms with Gasteiger partial charge in [0.05, 0.1) is 7.11 Å². The third-order valence-electron chi connectivity index (χ3n) is 3.26. The van der Waals surface area contributed by atoms with E-state index in [0.29, 0.717) is 19.6 Å². The smallest absolute Gasteiger partial charge is 0.407 e. The fourth-order valence-electron chi connectivity index (χ4n) is 2.09. The predicted molar refractivity (Wildman–Crippen MR) is 120 cm³/mol. The zero-order valence-corrected chi connectivity index (χ0v) is 19.3. The van der Waals surface area contributed by atoms with Crippen molar-refractivity contribution in [3.05, 3.63) is 29.8 Å². The molecule has 0 aliphatic carbocycles. The molecule has 0 bridgehead atoms. The van der Waals surface area contributed by atoms with Crippen LogP contribution in [0.25, 0.3) is 0 Å². The van der Waals surface area contributed by atoms with Crippen LogP contribution in [0.2, 0.25) is 0 Å². The summed E-state index contributed by atoms with van der Waals surface area (Å²) in [4.78, 5) is 16.1. The van der Waals surface area contributed by atoms with E-state index in [1.54, 1.807) is 7.11 Å². The molecule has 0 aromatic heterocycles. The summed E-state index contributed by atoms with van der Waals surface area (Å²) in [5.74, 6) is 1.58. The maximum atomic E-state index is 11.6. The molecule has 7 nitrogen and oxygen atoms in total. The molecule has 0 heterocycles. The number of hydrogen-bond acceptors (Lipinski definition) is 4. The molecule has 1 amide bonds. The normalized spacial score (nSPS) is 11.2. The molecular weight excluding hydrogens is 459 g/mol. The Labute approximate surface area is 179 Å². The van der Waals surface area contributed by atoms with E-state index in [9.17, 15) is 4.79 Å². The van der Waals surface area contributed by atoms with E-state index in [0.717, 1.165) is 24.7 Å². The van der Waals surface area contributed by atoms with Crippen LogP contribution in [0.1, 0.15) is 33.3 Å². The zero-order chi connectivity index (χ0) is 19.4. The first-order valence-corrected chi connectivity index (χ1v) is 8.96. The van der Waals surface area contributed by atoms with Crippen molar-refractivity contribution in [2.45, 2.75) is 39.7 Å². The summed E-state index contributed by atoms with van der Waals surface area (Å²) in [6, 6.07) is 7.98. The molecule has 154 valence electrons. The van der Waals surface area contributed by atoms with Crippen LogP contribution in [0.5, 0.6) is 5.75 Å². The van der Waals surface area contributed by atoms with E-state index in [2.05, 4.69) is 20.9 Å². The second-order valence-corrected chi connectivity index (χ2v) is 6.71. The third-order valence-corrected chi connectivity index (χ3v) is 3.26. The molecule has 0 atom stereocenters. The summed E-state index contributed by atoms with van der Waals surface area (Å²) in [6.07, 6.45) is 0.428. The Hall–Kier alpha value is -1.71. The SMILES string of the molecule is CCNC(=NCCc1ccc(OC)cc1)NCCNC(=O)OC(C)(C)C.I. The highest BCUT2D eigenvalue weighted by Gasteiger charge is 2.15. The van der Waals surface area contributed by atoms with Gasteiger partial charge in [0.2, 0.25) is 0 Å². The Morgan fingerprint density at radius 2 is 1.70 bits per heavy atom. The molecule has 1 aromatic rings. The van der Waals surface area contributed by atoms with Gasteiger partial charge in [-0.25, -0.2) is 4.79 Å². The Kier molecular flexibility index (Phi) is 12.6.